The van der Waals surface area contributed by atoms with E-state index in [1.54, 1.807) is 0 Å². The fraction of sp³-hybridized carbons (Fsp3) is 0.922. The van der Waals surface area contributed by atoms with E-state index in [9.17, 15) is 14.4 Å². The van der Waals surface area contributed by atoms with E-state index in [1.165, 1.54) is 257 Å². The van der Waals surface area contributed by atoms with Crippen molar-refractivity contribution in [2.45, 2.75) is 367 Å². The van der Waals surface area contributed by atoms with Crippen LogP contribution in [0.1, 0.15) is 361 Å². The van der Waals surface area contributed by atoms with Gasteiger partial charge >= 0.3 is 17.9 Å². The van der Waals surface area contributed by atoms with Gasteiger partial charge in [0.2, 0.25) is 0 Å². The number of ether oxygens (including phenoxy) is 3. The minimum atomic E-state index is -0.770. The number of esters is 3. The van der Waals surface area contributed by atoms with Gasteiger partial charge < -0.3 is 14.2 Å². The number of carbonyl (C=O) groups is 3. The van der Waals surface area contributed by atoms with Crippen LogP contribution < -0.4 is 0 Å². The van der Waals surface area contributed by atoms with Crippen LogP contribution in [-0.2, 0) is 28.6 Å². The summed E-state index contributed by atoms with van der Waals surface area (Å²) in [7, 11) is 0. The van der Waals surface area contributed by atoms with E-state index in [0.717, 1.165) is 64.2 Å². The van der Waals surface area contributed by atoms with Crippen LogP contribution in [0.25, 0.3) is 0 Å². The maximum Gasteiger partial charge on any atom is 0.306 e. The summed E-state index contributed by atoms with van der Waals surface area (Å²) in [5.74, 6) is -0.845. The molecule has 0 aromatic rings. The van der Waals surface area contributed by atoms with Gasteiger partial charge in [0.25, 0.3) is 0 Å². The Bertz CT molecular complexity index is 1090. The molecule has 0 N–H and O–H groups in total. The zero-order chi connectivity index (χ0) is 50.7. The average Bonchev–Trinajstić information content (AvgIpc) is 3.36. The summed E-state index contributed by atoms with van der Waals surface area (Å²) >= 11 is 0. The molecule has 1 atom stereocenters. The van der Waals surface area contributed by atoms with E-state index in [1.807, 2.05) is 0 Å². The summed E-state index contributed by atoms with van der Waals surface area (Å²) in [5.41, 5.74) is 0. The van der Waals surface area contributed by atoms with E-state index in [-0.39, 0.29) is 31.1 Å². The molecular formula is C64H122O6. The van der Waals surface area contributed by atoms with Gasteiger partial charge in [-0.1, -0.05) is 309 Å². The van der Waals surface area contributed by atoms with Crippen molar-refractivity contribution in [3.63, 3.8) is 0 Å². The summed E-state index contributed by atoms with van der Waals surface area (Å²) in [6, 6.07) is 0. The molecule has 0 aliphatic carbocycles. The van der Waals surface area contributed by atoms with Gasteiger partial charge in [0.05, 0.1) is 0 Å². The van der Waals surface area contributed by atoms with Crippen LogP contribution in [-0.4, -0.2) is 37.2 Å². The molecule has 70 heavy (non-hydrogen) atoms. The highest BCUT2D eigenvalue weighted by atomic mass is 16.6. The third-order valence-electron chi connectivity index (χ3n) is 14.5. The first-order chi connectivity index (χ1) is 34.5. The minimum absolute atomic E-state index is 0.0669. The van der Waals surface area contributed by atoms with Crippen molar-refractivity contribution in [2.24, 2.45) is 0 Å². The van der Waals surface area contributed by atoms with Crippen LogP contribution in [0.4, 0.5) is 0 Å². The maximum atomic E-state index is 12.9. The fourth-order valence-corrected chi connectivity index (χ4v) is 9.74. The van der Waals surface area contributed by atoms with Crippen LogP contribution in [0.2, 0.25) is 0 Å². The molecule has 0 saturated carbocycles. The summed E-state index contributed by atoms with van der Waals surface area (Å²) in [6.45, 7) is 6.71. The Morgan fingerprint density at radius 2 is 0.471 bits per heavy atom. The Kier molecular flexibility index (Phi) is 58.1. The molecule has 0 radical (unpaired) electrons. The molecule has 0 aromatic heterocycles. The first kappa shape index (κ1) is 68.2. The first-order valence-corrected chi connectivity index (χ1v) is 31.7. The molecule has 0 spiro atoms. The van der Waals surface area contributed by atoms with Crippen molar-refractivity contribution < 1.29 is 28.6 Å². The van der Waals surface area contributed by atoms with Gasteiger partial charge in [-0.2, -0.15) is 0 Å². The van der Waals surface area contributed by atoms with Crippen molar-refractivity contribution in [2.75, 3.05) is 13.2 Å². The summed E-state index contributed by atoms with van der Waals surface area (Å²) < 4.78 is 16.9. The number of rotatable bonds is 59. The second kappa shape index (κ2) is 59.7. The van der Waals surface area contributed by atoms with E-state index in [4.69, 9.17) is 14.2 Å². The summed E-state index contributed by atoms with van der Waals surface area (Å²) in [5, 5.41) is 0. The zero-order valence-electron chi connectivity index (χ0n) is 47.6. The summed E-state index contributed by atoms with van der Waals surface area (Å²) in [6.07, 6.45) is 69.3. The van der Waals surface area contributed by atoms with E-state index in [2.05, 4.69) is 32.9 Å². The SMILES string of the molecule is CCCCCCCCCCC/C=C\CCCCCCCC(=O)OC(COC(=O)CCCCCCCCCCCCCCCCC)COC(=O)CCCCCCCCCCCCCCCCCCCCC. The second-order valence-electron chi connectivity index (χ2n) is 21.7. The van der Waals surface area contributed by atoms with Crippen molar-refractivity contribution in [1.82, 2.24) is 0 Å². The van der Waals surface area contributed by atoms with Gasteiger partial charge in [-0.15, -0.1) is 0 Å². The second-order valence-corrected chi connectivity index (χ2v) is 21.7. The third kappa shape index (κ3) is 57.1. The standard InChI is InChI=1S/C64H122O6/c1-4-7-10-13-16-19-22-25-28-30-32-34-36-39-42-45-48-51-54-57-63(66)69-60-61(59-68-62(65)56-53-50-47-44-41-38-35-27-24-21-18-15-12-9-6-3)70-64(67)58-55-52-49-46-43-40-37-33-31-29-26-23-20-17-14-11-8-5-2/h33,37,61H,4-32,34-36,38-60H2,1-3H3/b37-33-. The molecular weight excluding hydrogens is 865 g/mol. The summed E-state index contributed by atoms with van der Waals surface area (Å²) in [4.78, 5) is 38.3. The van der Waals surface area contributed by atoms with Crippen molar-refractivity contribution in [3.05, 3.63) is 12.2 Å². The number of allylic oxidation sites excluding steroid dienone is 2. The first-order valence-electron chi connectivity index (χ1n) is 31.7. The normalized spacial score (nSPS) is 12.0. The predicted molar refractivity (Wildman–Crippen MR) is 303 cm³/mol. The van der Waals surface area contributed by atoms with Crippen LogP contribution in [0.15, 0.2) is 12.2 Å². The van der Waals surface area contributed by atoms with Gasteiger partial charge in [0, 0.05) is 19.3 Å². The number of hydrogen-bond donors (Lipinski definition) is 0. The van der Waals surface area contributed by atoms with Gasteiger partial charge in [-0.25, -0.2) is 0 Å². The van der Waals surface area contributed by atoms with Gasteiger partial charge in [0.15, 0.2) is 6.10 Å². The van der Waals surface area contributed by atoms with Crippen LogP contribution in [0, 0.1) is 0 Å². The molecule has 0 aliphatic heterocycles. The van der Waals surface area contributed by atoms with Crippen molar-refractivity contribution >= 4 is 17.9 Å². The molecule has 0 aliphatic rings. The zero-order valence-corrected chi connectivity index (χ0v) is 47.6. The Balaban J connectivity index is 4.30. The highest BCUT2D eigenvalue weighted by Crippen LogP contribution is 2.18. The molecule has 0 bridgehead atoms. The van der Waals surface area contributed by atoms with Crippen LogP contribution in [0.5, 0.6) is 0 Å². The lowest BCUT2D eigenvalue weighted by molar-refractivity contribution is -0.167. The minimum Gasteiger partial charge on any atom is -0.462 e. The molecule has 0 heterocycles. The van der Waals surface area contributed by atoms with Gasteiger partial charge in [-0.3, -0.25) is 14.4 Å². The maximum absolute atomic E-state index is 12.9. The number of carbonyl (C=O) groups excluding carboxylic acids is 3. The molecule has 0 rings (SSSR count). The lowest BCUT2D eigenvalue weighted by Crippen LogP contribution is -2.30. The highest BCUT2D eigenvalue weighted by Gasteiger charge is 2.19. The fourth-order valence-electron chi connectivity index (χ4n) is 9.74. The van der Waals surface area contributed by atoms with Crippen LogP contribution >= 0.6 is 0 Å². The monoisotopic (exact) mass is 987 g/mol. The lowest BCUT2D eigenvalue weighted by Gasteiger charge is -2.18. The largest absolute Gasteiger partial charge is 0.462 e. The Morgan fingerprint density at radius 3 is 0.714 bits per heavy atom. The van der Waals surface area contributed by atoms with E-state index in [0.29, 0.717) is 19.3 Å². The van der Waals surface area contributed by atoms with E-state index < -0.39 is 6.10 Å². The van der Waals surface area contributed by atoms with Gasteiger partial charge in [0.1, 0.15) is 13.2 Å². The molecule has 0 fully saturated rings. The van der Waals surface area contributed by atoms with Crippen molar-refractivity contribution in [3.8, 4) is 0 Å². The molecule has 0 aromatic carbocycles. The number of hydrogen-bond acceptors (Lipinski definition) is 6. The average molecular weight is 988 g/mol. The topological polar surface area (TPSA) is 78.9 Å². The molecule has 1 unspecified atom stereocenters. The van der Waals surface area contributed by atoms with Crippen molar-refractivity contribution in [1.29, 1.82) is 0 Å². The Hall–Kier alpha value is -1.85. The molecule has 414 valence electrons. The third-order valence-corrected chi connectivity index (χ3v) is 14.5. The van der Waals surface area contributed by atoms with E-state index >= 15 is 0 Å². The van der Waals surface area contributed by atoms with Crippen LogP contribution in [0.3, 0.4) is 0 Å². The Morgan fingerprint density at radius 1 is 0.271 bits per heavy atom. The molecule has 0 saturated heterocycles. The highest BCUT2D eigenvalue weighted by molar-refractivity contribution is 5.71. The predicted octanol–water partition coefficient (Wildman–Crippen LogP) is 21.3. The van der Waals surface area contributed by atoms with Gasteiger partial charge in [-0.05, 0) is 44.9 Å². The quantitative estimate of drug-likeness (QED) is 0.0261. The molecule has 6 nitrogen and oxygen atoms in total. The lowest BCUT2D eigenvalue weighted by atomic mass is 10.0. The number of unbranched alkanes of at least 4 members (excludes halogenated alkanes) is 46. The molecule has 6 heteroatoms. The molecule has 0 amide bonds. The Labute approximate surface area is 437 Å². The smallest absolute Gasteiger partial charge is 0.306 e.